The largest absolute Gasteiger partial charge is 0.378 e. The number of morpholine rings is 1. The van der Waals surface area contributed by atoms with Crippen LogP contribution in [0.2, 0.25) is 0 Å². The first-order valence-electron chi connectivity index (χ1n) is 9.92. The number of nitrogens with zero attached hydrogens (tertiary/aromatic N) is 4. The highest BCUT2D eigenvalue weighted by molar-refractivity contribution is 7.89. The van der Waals surface area contributed by atoms with Crippen molar-refractivity contribution < 1.29 is 22.1 Å². The van der Waals surface area contributed by atoms with Gasteiger partial charge in [-0.2, -0.15) is 4.31 Å². The number of hydrogen-bond acceptors (Lipinski definition) is 7. The van der Waals surface area contributed by atoms with Crippen LogP contribution >= 0.6 is 0 Å². The normalized spacial score (nSPS) is 19.0. The van der Waals surface area contributed by atoms with Crippen LogP contribution in [0.4, 0.5) is 10.1 Å². The van der Waals surface area contributed by atoms with Crippen molar-refractivity contribution in [3.63, 3.8) is 0 Å². The van der Waals surface area contributed by atoms with Gasteiger partial charge in [-0.05, 0) is 31.2 Å². The monoisotopic (exact) mass is 436 g/mol. The Balaban J connectivity index is 1.48. The van der Waals surface area contributed by atoms with Crippen LogP contribution in [0.1, 0.15) is 11.5 Å². The summed E-state index contributed by atoms with van der Waals surface area (Å²) in [4.78, 5) is 4.21. The zero-order valence-electron chi connectivity index (χ0n) is 16.8. The number of aryl methyl sites for hydroxylation is 1. The summed E-state index contributed by atoms with van der Waals surface area (Å²) < 4.78 is 51.9. The number of hydrogen-bond donors (Lipinski definition) is 0. The van der Waals surface area contributed by atoms with Crippen LogP contribution in [0.25, 0.3) is 6.08 Å². The van der Waals surface area contributed by atoms with E-state index in [0.717, 1.165) is 18.8 Å². The molecule has 1 aromatic carbocycles. The smallest absolute Gasteiger partial charge is 0.248 e. The third-order valence-electron chi connectivity index (χ3n) is 5.34. The number of aromatic nitrogens is 1. The van der Waals surface area contributed by atoms with Crippen LogP contribution < -0.4 is 4.90 Å². The Morgan fingerprint density at radius 1 is 1.03 bits per heavy atom. The SMILES string of the molecule is Cc1noc(/C=C/N2CCOCC2)c1S(=O)(=O)N1CCN(c2ccc(F)cc2)CC1. The molecule has 3 heterocycles. The van der Waals surface area contributed by atoms with Crippen molar-refractivity contribution in [1.29, 1.82) is 0 Å². The van der Waals surface area contributed by atoms with Crippen molar-refractivity contribution in [3.8, 4) is 0 Å². The van der Waals surface area contributed by atoms with Crippen LogP contribution in [0, 0.1) is 12.7 Å². The molecular formula is C20H25FN4O4S. The van der Waals surface area contributed by atoms with E-state index in [9.17, 15) is 12.8 Å². The minimum absolute atomic E-state index is 0.113. The van der Waals surface area contributed by atoms with Gasteiger partial charge < -0.3 is 19.1 Å². The molecule has 4 rings (SSSR count). The summed E-state index contributed by atoms with van der Waals surface area (Å²) in [5.74, 6) is -0.0551. The van der Waals surface area contributed by atoms with Crippen molar-refractivity contribution in [2.24, 2.45) is 0 Å². The molecule has 2 aromatic rings. The molecule has 2 aliphatic heterocycles. The minimum atomic E-state index is -3.75. The van der Waals surface area contributed by atoms with Gasteiger partial charge in [0.25, 0.3) is 0 Å². The predicted octanol–water partition coefficient (Wildman–Crippen LogP) is 1.94. The number of benzene rings is 1. The summed E-state index contributed by atoms with van der Waals surface area (Å²) in [6.45, 7) is 6.12. The molecule has 0 unspecified atom stereocenters. The average Bonchev–Trinajstić information content (AvgIpc) is 3.15. The van der Waals surface area contributed by atoms with Crippen LogP contribution in [0.3, 0.4) is 0 Å². The summed E-state index contributed by atoms with van der Waals surface area (Å²) in [5.41, 5.74) is 1.22. The van der Waals surface area contributed by atoms with Crippen LogP contribution in [-0.2, 0) is 14.8 Å². The lowest BCUT2D eigenvalue weighted by molar-refractivity contribution is 0.0597. The van der Waals surface area contributed by atoms with Gasteiger partial charge in [-0.1, -0.05) is 5.16 Å². The number of ether oxygens (including phenoxy) is 1. The molecule has 2 aliphatic rings. The molecule has 0 bridgehead atoms. The number of sulfonamides is 1. The second kappa shape index (κ2) is 8.75. The lowest BCUT2D eigenvalue weighted by Crippen LogP contribution is -2.48. The minimum Gasteiger partial charge on any atom is -0.378 e. The maximum atomic E-state index is 13.3. The summed E-state index contributed by atoms with van der Waals surface area (Å²) >= 11 is 0. The zero-order valence-corrected chi connectivity index (χ0v) is 17.6. The third kappa shape index (κ3) is 4.35. The second-order valence-electron chi connectivity index (χ2n) is 7.29. The van der Waals surface area contributed by atoms with E-state index in [1.54, 1.807) is 25.1 Å². The maximum absolute atomic E-state index is 13.3. The molecule has 0 radical (unpaired) electrons. The first-order chi connectivity index (χ1) is 14.4. The summed E-state index contributed by atoms with van der Waals surface area (Å²) in [5, 5.41) is 3.89. The summed E-state index contributed by atoms with van der Waals surface area (Å²) in [6.07, 6.45) is 3.49. The van der Waals surface area contributed by atoms with Crippen molar-refractivity contribution in [1.82, 2.24) is 14.4 Å². The second-order valence-corrected chi connectivity index (χ2v) is 9.17. The number of halogens is 1. The van der Waals surface area contributed by atoms with Gasteiger partial charge in [0.1, 0.15) is 11.5 Å². The molecule has 2 saturated heterocycles. The van der Waals surface area contributed by atoms with E-state index in [2.05, 4.69) is 10.1 Å². The Kier molecular flexibility index (Phi) is 6.07. The highest BCUT2D eigenvalue weighted by atomic mass is 32.2. The van der Waals surface area contributed by atoms with E-state index >= 15 is 0 Å². The molecule has 2 fully saturated rings. The van der Waals surface area contributed by atoms with E-state index in [-0.39, 0.29) is 16.5 Å². The Morgan fingerprint density at radius 3 is 2.37 bits per heavy atom. The fourth-order valence-electron chi connectivity index (χ4n) is 3.67. The van der Waals surface area contributed by atoms with E-state index in [4.69, 9.17) is 9.26 Å². The summed E-state index contributed by atoms with van der Waals surface area (Å²) in [7, 11) is -3.75. The van der Waals surface area contributed by atoms with Gasteiger partial charge in [-0.15, -0.1) is 0 Å². The molecule has 8 nitrogen and oxygen atoms in total. The lowest BCUT2D eigenvalue weighted by Gasteiger charge is -2.35. The van der Waals surface area contributed by atoms with Crippen molar-refractivity contribution in [2.45, 2.75) is 11.8 Å². The predicted molar refractivity (Wildman–Crippen MR) is 110 cm³/mol. The lowest BCUT2D eigenvalue weighted by atomic mass is 10.2. The maximum Gasteiger partial charge on any atom is 0.248 e. The highest BCUT2D eigenvalue weighted by Crippen LogP contribution is 2.27. The van der Waals surface area contributed by atoms with E-state index in [1.165, 1.54) is 16.4 Å². The quantitative estimate of drug-likeness (QED) is 0.709. The van der Waals surface area contributed by atoms with Gasteiger partial charge in [-0.3, -0.25) is 0 Å². The fourth-order valence-corrected chi connectivity index (χ4v) is 5.34. The van der Waals surface area contributed by atoms with Crippen molar-refractivity contribution in [2.75, 3.05) is 57.4 Å². The first kappa shape index (κ1) is 20.8. The fraction of sp³-hybridized carbons (Fsp3) is 0.450. The number of anilines is 1. The third-order valence-corrected chi connectivity index (χ3v) is 7.40. The molecule has 0 N–H and O–H groups in total. The van der Waals surface area contributed by atoms with Gasteiger partial charge in [0.2, 0.25) is 10.0 Å². The average molecular weight is 437 g/mol. The Bertz CT molecular complexity index is 992. The molecule has 0 aliphatic carbocycles. The molecule has 0 saturated carbocycles. The molecular weight excluding hydrogens is 411 g/mol. The molecule has 1 aromatic heterocycles. The molecule has 0 spiro atoms. The summed E-state index contributed by atoms with van der Waals surface area (Å²) in [6, 6.07) is 6.23. The van der Waals surface area contributed by atoms with Gasteiger partial charge in [0.15, 0.2) is 10.7 Å². The van der Waals surface area contributed by atoms with Gasteiger partial charge >= 0.3 is 0 Å². The number of piperazine rings is 1. The van der Waals surface area contributed by atoms with Crippen LogP contribution in [0.15, 0.2) is 39.9 Å². The van der Waals surface area contributed by atoms with Crippen LogP contribution in [-0.4, -0.2) is 75.3 Å². The molecule has 0 amide bonds. The van der Waals surface area contributed by atoms with Gasteiger partial charge in [0.05, 0.1) is 13.2 Å². The number of rotatable bonds is 5. The molecule has 30 heavy (non-hydrogen) atoms. The Labute approximate surface area is 175 Å². The Hall–Kier alpha value is -2.43. The van der Waals surface area contributed by atoms with Gasteiger partial charge in [0, 0.05) is 57.2 Å². The van der Waals surface area contributed by atoms with E-state index in [1.807, 2.05) is 11.1 Å². The van der Waals surface area contributed by atoms with Crippen LogP contribution in [0.5, 0.6) is 0 Å². The first-order valence-corrected chi connectivity index (χ1v) is 11.4. The van der Waals surface area contributed by atoms with Gasteiger partial charge in [-0.25, -0.2) is 12.8 Å². The van der Waals surface area contributed by atoms with E-state index < -0.39 is 10.0 Å². The van der Waals surface area contributed by atoms with Crippen molar-refractivity contribution >= 4 is 21.8 Å². The highest BCUT2D eigenvalue weighted by Gasteiger charge is 2.34. The Morgan fingerprint density at radius 2 is 1.70 bits per heavy atom. The zero-order chi connectivity index (χ0) is 21.1. The van der Waals surface area contributed by atoms with Crippen molar-refractivity contribution in [3.05, 3.63) is 47.7 Å². The topological polar surface area (TPSA) is 79.1 Å². The standard InChI is InChI=1S/C20H25FN4O4S/c1-16-20(19(29-22-16)6-7-23-12-14-28-15-13-23)30(26,27)25-10-8-24(9-11-25)18-4-2-17(21)3-5-18/h2-7H,8-15H2,1H3/b7-6+. The molecule has 0 atom stereocenters. The molecule has 10 heteroatoms. The molecule has 162 valence electrons. The van der Waals surface area contributed by atoms with E-state index in [0.29, 0.717) is 45.1 Å².